The number of rotatable bonds is 7. The highest BCUT2D eigenvalue weighted by Crippen LogP contribution is 2.35. The standard InChI is InChI=1S/C32H39NO/c1-31(2,3)28-19-21-29(22-20-28)32(34,33-24-11-6-12-25-33)23-13-18-30(26-14-7-4-8-15-26)27-16-9-5-10-17-27/h4-5,7-10,14-22,34H,6,11-13,23-25H2,1-3H3. The van der Waals surface area contributed by atoms with Gasteiger partial charge in [-0.25, -0.2) is 0 Å². The smallest absolute Gasteiger partial charge is 0.144 e. The fraction of sp³-hybridized carbons (Fsp3) is 0.375. The Morgan fingerprint density at radius 1 is 0.735 bits per heavy atom. The molecule has 34 heavy (non-hydrogen) atoms. The van der Waals surface area contributed by atoms with Crippen LogP contribution in [0.2, 0.25) is 0 Å². The van der Waals surface area contributed by atoms with Gasteiger partial charge in [-0.2, -0.15) is 0 Å². The number of piperidine rings is 1. The van der Waals surface area contributed by atoms with Gasteiger partial charge in [0.25, 0.3) is 0 Å². The Bertz CT molecular complexity index is 1020. The number of benzene rings is 3. The molecule has 0 spiro atoms. The zero-order valence-corrected chi connectivity index (χ0v) is 21.0. The molecule has 1 unspecified atom stereocenters. The van der Waals surface area contributed by atoms with Gasteiger partial charge in [-0.3, -0.25) is 4.90 Å². The number of allylic oxidation sites excluding steroid dienone is 1. The molecule has 0 radical (unpaired) electrons. The first kappa shape index (κ1) is 24.4. The third kappa shape index (κ3) is 5.68. The molecule has 0 aliphatic carbocycles. The van der Waals surface area contributed by atoms with Crippen molar-refractivity contribution < 1.29 is 5.11 Å². The van der Waals surface area contributed by atoms with Crippen LogP contribution in [0.4, 0.5) is 0 Å². The van der Waals surface area contributed by atoms with Crippen LogP contribution >= 0.6 is 0 Å². The van der Waals surface area contributed by atoms with Crippen LogP contribution in [0.1, 0.15) is 75.1 Å². The average molecular weight is 454 g/mol. The minimum atomic E-state index is -0.953. The third-order valence-electron chi connectivity index (χ3n) is 7.10. The maximum absolute atomic E-state index is 12.2. The molecule has 1 heterocycles. The van der Waals surface area contributed by atoms with E-state index in [9.17, 15) is 5.11 Å². The normalized spacial score (nSPS) is 16.6. The largest absolute Gasteiger partial charge is 0.371 e. The van der Waals surface area contributed by atoms with Gasteiger partial charge in [-0.15, -0.1) is 0 Å². The molecule has 3 aromatic rings. The van der Waals surface area contributed by atoms with Crippen molar-refractivity contribution in [1.29, 1.82) is 0 Å². The number of hydrogen-bond acceptors (Lipinski definition) is 2. The van der Waals surface area contributed by atoms with Gasteiger partial charge >= 0.3 is 0 Å². The van der Waals surface area contributed by atoms with Crippen LogP contribution in [0.3, 0.4) is 0 Å². The number of likely N-dealkylation sites (tertiary alicyclic amines) is 1. The minimum absolute atomic E-state index is 0.102. The van der Waals surface area contributed by atoms with Crippen molar-refractivity contribution in [1.82, 2.24) is 4.90 Å². The Labute approximate surface area is 206 Å². The van der Waals surface area contributed by atoms with Crippen molar-refractivity contribution in [2.45, 2.75) is 64.0 Å². The van der Waals surface area contributed by atoms with E-state index in [4.69, 9.17) is 0 Å². The Hall–Kier alpha value is -2.68. The maximum atomic E-state index is 12.2. The lowest BCUT2D eigenvalue weighted by atomic mass is 9.84. The van der Waals surface area contributed by atoms with Crippen molar-refractivity contribution in [3.05, 3.63) is 113 Å². The first-order valence-corrected chi connectivity index (χ1v) is 12.8. The second-order valence-electron chi connectivity index (χ2n) is 10.6. The molecule has 0 saturated carbocycles. The van der Waals surface area contributed by atoms with Crippen LogP contribution in [-0.2, 0) is 11.1 Å². The second-order valence-corrected chi connectivity index (χ2v) is 10.6. The summed E-state index contributed by atoms with van der Waals surface area (Å²) in [7, 11) is 0. The fourth-order valence-electron chi connectivity index (χ4n) is 5.04. The summed E-state index contributed by atoms with van der Waals surface area (Å²) in [5.74, 6) is 0. The molecule has 4 rings (SSSR count). The number of hydrogen-bond donors (Lipinski definition) is 1. The van der Waals surface area contributed by atoms with Crippen LogP contribution in [-0.4, -0.2) is 23.1 Å². The van der Waals surface area contributed by atoms with Crippen molar-refractivity contribution in [3.63, 3.8) is 0 Å². The van der Waals surface area contributed by atoms with E-state index >= 15 is 0 Å². The lowest BCUT2D eigenvalue weighted by molar-refractivity contribution is -0.129. The molecule has 1 fully saturated rings. The monoisotopic (exact) mass is 453 g/mol. The summed E-state index contributed by atoms with van der Waals surface area (Å²) in [6, 6.07) is 29.8. The zero-order chi connectivity index (χ0) is 24.0. The van der Waals surface area contributed by atoms with Gasteiger partial charge in [0.2, 0.25) is 0 Å². The molecular formula is C32H39NO. The molecule has 1 atom stereocenters. The zero-order valence-electron chi connectivity index (χ0n) is 21.0. The van der Waals surface area contributed by atoms with Crippen molar-refractivity contribution >= 4 is 5.57 Å². The number of nitrogens with zero attached hydrogens (tertiary/aromatic N) is 1. The Balaban J connectivity index is 1.64. The van der Waals surface area contributed by atoms with Gasteiger partial charge in [0.1, 0.15) is 5.72 Å². The molecule has 2 heteroatoms. The van der Waals surface area contributed by atoms with Crippen LogP contribution in [0.15, 0.2) is 91.0 Å². The van der Waals surface area contributed by atoms with Gasteiger partial charge in [-0.1, -0.05) is 118 Å². The minimum Gasteiger partial charge on any atom is -0.371 e. The highest BCUT2D eigenvalue weighted by atomic mass is 16.3. The summed E-state index contributed by atoms with van der Waals surface area (Å²) < 4.78 is 0. The van der Waals surface area contributed by atoms with E-state index in [1.54, 1.807) is 0 Å². The molecule has 178 valence electrons. The summed E-state index contributed by atoms with van der Waals surface area (Å²) in [4.78, 5) is 2.31. The summed E-state index contributed by atoms with van der Waals surface area (Å²) in [5.41, 5.74) is 5.11. The van der Waals surface area contributed by atoms with Crippen molar-refractivity contribution in [3.8, 4) is 0 Å². The second kappa shape index (κ2) is 10.7. The Kier molecular flexibility index (Phi) is 7.70. The highest BCUT2D eigenvalue weighted by Gasteiger charge is 2.36. The van der Waals surface area contributed by atoms with Crippen LogP contribution in [0.5, 0.6) is 0 Å². The molecule has 1 aliphatic heterocycles. The third-order valence-corrected chi connectivity index (χ3v) is 7.10. The SMILES string of the molecule is CC(C)(C)c1ccc(C(O)(CCC=C(c2ccccc2)c2ccccc2)N2CCCCC2)cc1. The first-order valence-electron chi connectivity index (χ1n) is 12.8. The molecule has 0 amide bonds. The molecular weight excluding hydrogens is 414 g/mol. The lowest BCUT2D eigenvalue weighted by Gasteiger charge is -2.42. The Morgan fingerprint density at radius 2 is 1.24 bits per heavy atom. The van der Waals surface area contributed by atoms with Crippen molar-refractivity contribution in [2.24, 2.45) is 0 Å². The quantitative estimate of drug-likeness (QED) is 0.400. The molecule has 0 aromatic heterocycles. The van der Waals surface area contributed by atoms with Gasteiger partial charge in [0, 0.05) is 13.1 Å². The molecule has 1 saturated heterocycles. The molecule has 1 N–H and O–H groups in total. The lowest BCUT2D eigenvalue weighted by Crippen LogP contribution is -2.48. The summed E-state index contributed by atoms with van der Waals surface area (Å²) in [6.45, 7) is 8.60. The molecule has 3 aromatic carbocycles. The van der Waals surface area contributed by atoms with Gasteiger partial charge in [0.15, 0.2) is 0 Å². The topological polar surface area (TPSA) is 23.5 Å². The molecule has 0 bridgehead atoms. The van der Waals surface area contributed by atoms with Crippen LogP contribution < -0.4 is 0 Å². The van der Waals surface area contributed by atoms with E-state index in [-0.39, 0.29) is 5.41 Å². The van der Waals surface area contributed by atoms with E-state index in [0.717, 1.165) is 37.9 Å². The molecule has 1 aliphatic rings. The van der Waals surface area contributed by atoms with E-state index in [1.807, 2.05) is 0 Å². The van der Waals surface area contributed by atoms with Crippen LogP contribution in [0, 0.1) is 0 Å². The molecule has 2 nitrogen and oxygen atoms in total. The van der Waals surface area contributed by atoms with E-state index in [0.29, 0.717) is 6.42 Å². The van der Waals surface area contributed by atoms with E-state index in [1.165, 1.54) is 28.7 Å². The van der Waals surface area contributed by atoms with E-state index < -0.39 is 5.72 Å². The maximum Gasteiger partial charge on any atom is 0.144 e. The first-order chi connectivity index (χ1) is 16.4. The predicted octanol–water partition coefficient (Wildman–Crippen LogP) is 7.53. The Morgan fingerprint density at radius 3 is 1.74 bits per heavy atom. The van der Waals surface area contributed by atoms with Gasteiger partial charge in [0.05, 0.1) is 0 Å². The average Bonchev–Trinajstić information content (AvgIpc) is 2.87. The van der Waals surface area contributed by atoms with E-state index in [2.05, 4.69) is 117 Å². The predicted molar refractivity (Wildman–Crippen MR) is 144 cm³/mol. The van der Waals surface area contributed by atoms with Gasteiger partial charge < -0.3 is 5.11 Å². The van der Waals surface area contributed by atoms with Crippen LogP contribution in [0.25, 0.3) is 5.57 Å². The summed E-state index contributed by atoms with van der Waals surface area (Å²) in [6.07, 6.45) is 7.33. The van der Waals surface area contributed by atoms with Gasteiger partial charge in [-0.05, 0) is 58.9 Å². The highest BCUT2D eigenvalue weighted by molar-refractivity contribution is 5.79. The fourth-order valence-corrected chi connectivity index (χ4v) is 5.04. The summed E-state index contributed by atoms with van der Waals surface area (Å²) in [5, 5.41) is 12.2. The summed E-state index contributed by atoms with van der Waals surface area (Å²) >= 11 is 0. The number of aliphatic hydroxyl groups is 1. The van der Waals surface area contributed by atoms with Crippen molar-refractivity contribution in [2.75, 3.05) is 13.1 Å².